The lowest BCUT2D eigenvalue weighted by atomic mass is 10.2. The molecule has 0 radical (unpaired) electrons. The molecule has 3 N–H and O–H groups in total. The highest BCUT2D eigenvalue weighted by atomic mass is 35.5. The van der Waals surface area contributed by atoms with Crippen LogP contribution in [0.15, 0.2) is 18.2 Å². The van der Waals surface area contributed by atoms with Gasteiger partial charge in [0.15, 0.2) is 0 Å². The van der Waals surface area contributed by atoms with Crippen molar-refractivity contribution in [3.8, 4) is 0 Å². The molecule has 0 saturated carbocycles. The molecule has 0 spiro atoms. The number of esters is 1. The lowest BCUT2D eigenvalue weighted by Crippen LogP contribution is -2.17. The van der Waals surface area contributed by atoms with Crippen LogP contribution >= 0.6 is 22.1 Å². The average molecular weight is 332 g/mol. The third-order valence-corrected chi connectivity index (χ3v) is 4.34. The maximum Gasteiger partial charge on any atom is 0.337 e. The first-order chi connectivity index (χ1) is 9.85. The lowest BCUT2D eigenvalue weighted by molar-refractivity contribution is 0.0601. The summed E-state index contributed by atoms with van der Waals surface area (Å²) in [6.45, 7) is 0.488. The molecule has 0 aliphatic carbocycles. The van der Waals surface area contributed by atoms with E-state index < -0.39 is 16.5 Å². The normalized spacial score (nSPS) is 15.7. The minimum atomic E-state index is -2.11. The van der Waals surface area contributed by atoms with Crippen LogP contribution in [0, 0.1) is 0 Å². The van der Waals surface area contributed by atoms with Crippen molar-refractivity contribution >= 4 is 39.1 Å². The topological polar surface area (TPSA) is 90.4 Å². The van der Waals surface area contributed by atoms with E-state index in [2.05, 4.69) is 4.98 Å². The first-order valence-electron chi connectivity index (χ1n) is 6.25. The zero-order valence-corrected chi connectivity index (χ0v) is 13.4. The fourth-order valence-electron chi connectivity index (χ4n) is 2.05. The van der Waals surface area contributed by atoms with Crippen LogP contribution in [0.4, 0.5) is 0 Å². The van der Waals surface area contributed by atoms with E-state index in [-0.39, 0.29) is 5.88 Å². The number of methoxy groups -OCH3 is 1. The fourth-order valence-corrected chi connectivity index (χ4v) is 2.80. The average Bonchev–Trinajstić information content (AvgIpc) is 2.80. The number of benzene rings is 1. The monoisotopic (exact) mass is 331 g/mol. The molecule has 116 valence electrons. The zero-order valence-electron chi connectivity index (χ0n) is 11.9. The standard InChI is InChI=1S/C13H18ClN3O3S/c1-20-13(18)9-3-4-10-11(7-9)17(12(8-14)16-10)5-6-21(2,15)19/h3-4,7,19H,5-6,8,15H2,1-2H3. The number of nitrogens with zero attached hydrogens (tertiary/aromatic N) is 2. The van der Waals surface area contributed by atoms with Crippen LogP contribution in [0.1, 0.15) is 16.2 Å². The number of carbonyl (C=O) groups is 1. The van der Waals surface area contributed by atoms with Crippen molar-refractivity contribution in [3.63, 3.8) is 0 Å². The summed E-state index contributed by atoms with van der Waals surface area (Å²) < 4.78 is 16.4. The number of alkyl halides is 1. The molecule has 0 aliphatic rings. The predicted molar refractivity (Wildman–Crippen MR) is 85.8 cm³/mol. The summed E-state index contributed by atoms with van der Waals surface area (Å²) in [6, 6.07) is 5.13. The van der Waals surface area contributed by atoms with Gasteiger partial charge in [0.2, 0.25) is 0 Å². The van der Waals surface area contributed by atoms with Crippen LogP contribution in [0.2, 0.25) is 0 Å². The Morgan fingerprint density at radius 3 is 2.86 bits per heavy atom. The number of rotatable bonds is 5. The van der Waals surface area contributed by atoms with Crippen molar-refractivity contribution in [1.29, 1.82) is 0 Å². The minimum absolute atomic E-state index is 0.240. The largest absolute Gasteiger partial charge is 0.465 e. The van der Waals surface area contributed by atoms with Crippen molar-refractivity contribution in [3.05, 3.63) is 29.6 Å². The van der Waals surface area contributed by atoms with Crippen LogP contribution in [0.5, 0.6) is 0 Å². The van der Waals surface area contributed by atoms with Gasteiger partial charge in [-0.05, 0) is 24.5 Å². The number of aryl methyl sites for hydroxylation is 1. The van der Waals surface area contributed by atoms with Gasteiger partial charge in [-0.1, -0.05) is 10.5 Å². The van der Waals surface area contributed by atoms with E-state index in [1.165, 1.54) is 7.11 Å². The smallest absolute Gasteiger partial charge is 0.337 e. The van der Waals surface area contributed by atoms with Crippen LogP contribution in [0.3, 0.4) is 0 Å². The number of hydrogen-bond donors (Lipinski definition) is 2. The first-order valence-corrected chi connectivity index (χ1v) is 9.02. The lowest BCUT2D eigenvalue weighted by Gasteiger charge is -2.23. The summed E-state index contributed by atoms with van der Waals surface area (Å²) in [4.78, 5) is 16.1. The molecule has 2 aromatic rings. The van der Waals surface area contributed by atoms with Gasteiger partial charge in [0.05, 0.1) is 29.6 Å². The van der Waals surface area contributed by atoms with Crippen molar-refractivity contribution < 1.29 is 14.1 Å². The summed E-state index contributed by atoms with van der Waals surface area (Å²) >= 11 is 5.92. The summed E-state index contributed by atoms with van der Waals surface area (Å²) in [6.07, 6.45) is 1.62. The van der Waals surface area contributed by atoms with Crippen LogP contribution < -0.4 is 5.14 Å². The molecule has 2 rings (SSSR count). The van der Waals surface area contributed by atoms with Crippen LogP contribution in [0.25, 0.3) is 11.0 Å². The molecule has 0 bridgehead atoms. The summed E-state index contributed by atoms with van der Waals surface area (Å²) in [5, 5.41) is 5.69. The fraction of sp³-hybridized carbons (Fsp3) is 0.385. The molecule has 6 nitrogen and oxygen atoms in total. The third kappa shape index (κ3) is 3.68. The van der Waals surface area contributed by atoms with Gasteiger partial charge in [0.1, 0.15) is 5.82 Å². The molecule has 1 aromatic heterocycles. The molecular formula is C13H18ClN3O3S. The highest BCUT2D eigenvalue weighted by Gasteiger charge is 2.15. The Balaban J connectivity index is 2.46. The van der Waals surface area contributed by atoms with Gasteiger partial charge < -0.3 is 13.9 Å². The van der Waals surface area contributed by atoms with Crippen molar-refractivity contribution in [2.45, 2.75) is 12.4 Å². The number of aromatic nitrogens is 2. The quantitative estimate of drug-likeness (QED) is 0.648. The molecule has 1 heterocycles. The van der Waals surface area contributed by atoms with Gasteiger partial charge in [-0.25, -0.2) is 9.78 Å². The second-order valence-electron chi connectivity index (χ2n) is 4.82. The van der Waals surface area contributed by atoms with Gasteiger partial charge in [0.25, 0.3) is 0 Å². The zero-order chi connectivity index (χ0) is 15.6. The van der Waals surface area contributed by atoms with Gasteiger partial charge >= 0.3 is 5.97 Å². The number of imidazole rings is 1. The SMILES string of the molecule is COC(=O)c1ccc2nc(CCl)n(CCS(C)(N)O)c2c1. The van der Waals surface area contributed by atoms with E-state index in [1.807, 2.05) is 4.57 Å². The maximum absolute atomic E-state index is 11.6. The number of nitrogens with two attached hydrogens (primary N) is 1. The number of carbonyl (C=O) groups excluding carboxylic acids is 1. The van der Waals surface area contributed by atoms with Crippen molar-refractivity contribution in [2.75, 3.05) is 19.1 Å². The van der Waals surface area contributed by atoms with Crippen molar-refractivity contribution in [1.82, 2.24) is 9.55 Å². The Kier molecular flexibility index (Phi) is 4.77. The van der Waals surface area contributed by atoms with Gasteiger partial charge in [-0.15, -0.1) is 11.6 Å². The van der Waals surface area contributed by atoms with Crippen LogP contribution in [-0.4, -0.2) is 39.2 Å². The summed E-state index contributed by atoms with van der Waals surface area (Å²) in [5.41, 5.74) is 1.96. The molecule has 0 aliphatic heterocycles. The van der Waals surface area contributed by atoms with E-state index in [1.54, 1.807) is 24.5 Å². The first kappa shape index (κ1) is 16.1. The Bertz CT molecular complexity index is 666. The molecule has 1 unspecified atom stereocenters. The van der Waals surface area contributed by atoms with Gasteiger partial charge in [-0.2, -0.15) is 0 Å². The number of ether oxygens (including phenoxy) is 1. The number of halogens is 1. The van der Waals surface area contributed by atoms with Gasteiger partial charge in [-0.3, -0.25) is 5.14 Å². The molecule has 1 aromatic carbocycles. The summed E-state index contributed by atoms with van der Waals surface area (Å²) in [7, 11) is -0.772. The second kappa shape index (κ2) is 6.23. The minimum Gasteiger partial charge on any atom is -0.465 e. The van der Waals surface area contributed by atoms with E-state index in [0.29, 0.717) is 23.7 Å². The molecule has 21 heavy (non-hydrogen) atoms. The van der Waals surface area contributed by atoms with Crippen molar-refractivity contribution in [2.24, 2.45) is 5.14 Å². The summed E-state index contributed by atoms with van der Waals surface area (Å²) in [5.74, 6) is 0.931. The Hall–Kier alpha value is -1.28. The van der Waals surface area contributed by atoms with E-state index >= 15 is 0 Å². The highest BCUT2D eigenvalue weighted by molar-refractivity contribution is 8.26. The van der Waals surface area contributed by atoms with E-state index in [0.717, 1.165) is 11.0 Å². The maximum atomic E-state index is 11.6. The molecule has 1 atom stereocenters. The van der Waals surface area contributed by atoms with E-state index in [9.17, 15) is 9.35 Å². The Morgan fingerprint density at radius 1 is 1.57 bits per heavy atom. The Morgan fingerprint density at radius 2 is 2.29 bits per heavy atom. The highest BCUT2D eigenvalue weighted by Crippen LogP contribution is 2.29. The van der Waals surface area contributed by atoms with E-state index in [4.69, 9.17) is 21.5 Å². The third-order valence-electron chi connectivity index (χ3n) is 3.10. The molecule has 8 heteroatoms. The van der Waals surface area contributed by atoms with Gasteiger partial charge in [0, 0.05) is 12.3 Å². The Labute approximate surface area is 129 Å². The number of hydrogen-bond acceptors (Lipinski definition) is 5. The molecule has 0 amide bonds. The molecular weight excluding hydrogens is 314 g/mol. The molecule has 0 fully saturated rings. The van der Waals surface area contributed by atoms with Crippen LogP contribution in [-0.2, 0) is 17.2 Å². The predicted octanol–water partition coefficient (Wildman–Crippen LogP) is 2.34. The second-order valence-corrected chi connectivity index (χ2v) is 7.71. The number of fused-ring (bicyclic) bond motifs is 1. The molecule has 0 saturated heterocycles.